The summed E-state index contributed by atoms with van der Waals surface area (Å²) in [6.45, 7) is 1.99. The number of ketones is 1. The van der Waals surface area contributed by atoms with E-state index in [0.29, 0.717) is 55.7 Å². The van der Waals surface area contributed by atoms with E-state index in [4.69, 9.17) is 0 Å². The number of anilines is 1. The zero-order chi connectivity index (χ0) is 22.6. The number of sulfonamides is 1. The fourth-order valence-corrected chi connectivity index (χ4v) is 4.37. The van der Waals surface area contributed by atoms with Gasteiger partial charge in [0.25, 0.3) is 0 Å². The molecule has 31 heavy (non-hydrogen) atoms. The highest BCUT2D eigenvalue weighted by Gasteiger charge is 2.27. The number of carbonyl (C=O) groups excluding carboxylic acids is 1. The third-order valence-corrected chi connectivity index (χ3v) is 6.14. The number of carbonyl (C=O) groups is 1. The van der Waals surface area contributed by atoms with Crippen LogP contribution >= 0.6 is 0 Å². The monoisotopic (exact) mass is 452 g/mol. The van der Waals surface area contributed by atoms with Crippen molar-refractivity contribution in [1.82, 2.24) is 4.90 Å². The van der Waals surface area contributed by atoms with Crippen LogP contribution in [0.2, 0.25) is 0 Å². The summed E-state index contributed by atoms with van der Waals surface area (Å²) in [5, 5.41) is 10.5. The molecule has 3 rings (SSSR count). The number of hydrogen-bond donors (Lipinski definition) is 2. The standard InChI is InChI=1S/C22H26F2N2O4S/c1-31(29,30)25-18-5-2-15(3-6-18)21(27)10-13-26-11-8-16(9-12-26)22(28)17-4-7-19(23)20(24)14-17/h2-7,14,16,22,25,28H,8-13H2,1H3. The number of nitrogens with one attached hydrogen (secondary N) is 1. The summed E-state index contributed by atoms with van der Waals surface area (Å²) in [6, 6.07) is 9.78. The van der Waals surface area contributed by atoms with Gasteiger partial charge in [-0.15, -0.1) is 0 Å². The van der Waals surface area contributed by atoms with Crippen molar-refractivity contribution in [1.29, 1.82) is 0 Å². The van der Waals surface area contributed by atoms with Crippen LogP contribution in [0.5, 0.6) is 0 Å². The molecule has 1 atom stereocenters. The molecular formula is C22H26F2N2O4S. The van der Waals surface area contributed by atoms with E-state index in [1.54, 1.807) is 24.3 Å². The molecule has 0 bridgehead atoms. The summed E-state index contributed by atoms with van der Waals surface area (Å²) in [5.74, 6) is -1.98. The second kappa shape index (κ2) is 9.84. The first-order valence-corrected chi connectivity index (χ1v) is 12.0. The van der Waals surface area contributed by atoms with E-state index in [-0.39, 0.29) is 11.7 Å². The van der Waals surface area contributed by atoms with Gasteiger partial charge in [0.1, 0.15) is 0 Å². The molecule has 2 aromatic carbocycles. The van der Waals surface area contributed by atoms with E-state index in [1.165, 1.54) is 6.07 Å². The van der Waals surface area contributed by atoms with Crippen molar-refractivity contribution in [2.24, 2.45) is 5.92 Å². The quantitative estimate of drug-likeness (QED) is 0.600. The van der Waals surface area contributed by atoms with E-state index in [2.05, 4.69) is 9.62 Å². The highest BCUT2D eigenvalue weighted by molar-refractivity contribution is 7.92. The van der Waals surface area contributed by atoms with Gasteiger partial charge in [-0.1, -0.05) is 6.07 Å². The lowest BCUT2D eigenvalue weighted by molar-refractivity contribution is 0.0573. The van der Waals surface area contributed by atoms with Crippen molar-refractivity contribution in [3.05, 3.63) is 65.2 Å². The van der Waals surface area contributed by atoms with Gasteiger partial charge in [-0.05, 0) is 73.8 Å². The minimum Gasteiger partial charge on any atom is -0.388 e. The SMILES string of the molecule is CS(=O)(=O)Nc1ccc(C(=O)CCN2CCC(C(O)c3ccc(F)c(F)c3)CC2)cc1. The molecule has 1 unspecified atom stereocenters. The number of halogens is 2. The molecule has 1 aliphatic heterocycles. The maximum atomic E-state index is 13.4. The van der Waals surface area contributed by atoms with Gasteiger partial charge in [0, 0.05) is 24.2 Å². The molecule has 0 aliphatic carbocycles. The minimum absolute atomic E-state index is 0.0325. The summed E-state index contributed by atoms with van der Waals surface area (Å²) in [5.41, 5.74) is 1.30. The van der Waals surface area contributed by atoms with Gasteiger partial charge in [-0.2, -0.15) is 0 Å². The average molecular weight is 453 g/mol. The first-order valence-electron chi connectivity index (χ1n) is 10.1. The number of aliphatic hydroxyl groups excluding tert-OH is 1. The number of likely N-dealkylation sites (tertiary alicyclic amines) is 1. The Kier molecular flexibility index (Phi) is 7.40. The van der Waals surface area contributed by atoms with E-state index in [1.807, 2.05) is 0 Å². The number of rotatable bonds is 8. The third kappa shape index (κ3) is 6.56. The predicted molar refractivity (Wildman–Crippen MR) is 114 cm³/mol. The first kappa shape index (κ1) is 23.3. The summed E-state index contributed by atoms with van der Waals surface area (Å²) in [4.78, 5) is 14.6. The molecule has 168 valence electrons. The van der Waals surface area contributed by atoms with Gasteiger partial charge >= 0.3 is 0 Å². The van der Waals surface area contributed by atoms with Crippen LogP contribution in [0.25, 0.3) is 0 Å². The number of Topliss-reactive ketones (excluding diaryl/α,β-unsaturated/α-hetero) is 1. The van der Waals surface area contributed by atoms with Crippen molar-refractivity contribution < 1.29 is 27.1 Å². The highest BCUT2D eigenvalue weighted by atomic mass is 32.2. The normalized spacial score (nSPS) is 16.8. The van der Waals surface area contributed by atoms with Crippen LogP contribution in [-0.2, 0) is 10.0 Å². The zero-order valence-corrected chi connectivity index (χ0v) is 18.0. The molecular weight excluding hydrogens is 426 g/mol. The van der Waals surface area contributed by atoms with E-state index < -0.39 is 27.8 Å². The summed E-state index contributed by atoms with van der Waals surface area (Å²) < 4.78 is 51.4. The van der Waals surface area contributed by atoms with Gasteiger partial charge in [-0.25, -0.2) is 17.2 Å². The van der Waals surface area contributed by atoms with Gasteiger partial charge in [0.2, 0.25) is 10.0 Å². The molecule has 0 amide bonds. The van der Waals surface area contributed by atoms with Crippen molar-refractivity contribution in [2.75, 3.05) is 30.6 Å². The molecule has 9 heteroatoms. The topological polar surface area (TPSA) is 86.7 Å². The van der Waals surface area contributed by atoms with Gasteiger partial charge in [0.15, 0.2) is 17.4 Å². The largest absolute Gasteiger partial charge is 0.388 e. The van der Waals surface area contributed by atoms with Gasteiger partial charge in [0.05, 0.1) is 12.4 Å². The summed E-state index contributed by atoms with van der Waals surface area (Å²) in [7, 11) is -3.36. The highest BCUT2D eigenvalue weighted by Crippen LogP contribution is 2.31. The van der Waals surface area contributed by atoms with Crippen LogP contribution in [0.4, 0.5) is 14.5 Å². The van der Waals surface area contributed by atoms with Crippen LogP contribution in [0.3, 0.4) is 0 Å². The predicted octanol–water partition coefficient (Wildman–Crippen LogP) is 3.35. The Hall–Kier alpha value is -2.36. The lowest BCUT2D eigenvalue weighted by atomic mass is 9.87. The lowest BCUT2D eigenvalue weighted by Gasteiger charge is -2.34. The van der Waals surface area contributed by atoms with Crippen LogP contribution < -0.4 is 4.72 Å². The Morgan fingerprint density at radius 2 is 1.77 bits per heavy atom. The van der Waals surface area contributed by atoms with Crippen LogP contribution in [0.1, 0.15) is 41.3 Å². The Labute approximate surface area is 180 Å². The van der Waals surface area contributed by atoms with Crippen molar-refractivity contribution >= 4 is 21.5 Å². The number of aliphatic hydroxyl groups is 1. The average Bonchev–Trinajstić information content (AvgIpc) is 2.73. The van der Waals surface area contributed by atoms with Gasteiger partial charge < -0.3 is 10.0 Å². The maximum absolute atomic E-state index is 13.4. The lowest BCUT2D eigenvalue weighted by Crippen LogP contribution is -2.36. The van der Waals surface area contributed by atoms with Crippen LogP contribution in [-0.4, -0.2) is 50.1 Å². The molecule has 1 saturated heterocycles. The fourth-order valence-electron chi connectivity index (χ4n) is 3.80. The van der Waals surface area contributed by atoms with E-state index >= 15 is 0 Å². The number of benzene rings is 2. The second-order valence-electron chi connectivity index (χ2n) is 7.92. The number of piperidine rings is 1. The summed E-state index contributed by atoms with van der Waals surface area (Å²) in [6.07, 6.45) is 1.93. The molecule has 1 fully saturated rings. The Morgan fingerprint density at radius 1 is 1.13 bits per heavy atom. The summed E-state index contributed by atoms with van der Waals surface area (Å²) >= 11 is 0. The molecule has 0 saturated carbocycles. The third-order valence-electron chi connectivity index (χ3n) is 5.53. The molecule has 0 radical (unpaired) electrons. The first-order chi connectivity index (χ1) is 14.6. The minimum atomic E-state index is -3.36. The molecule has 1 aliphatic rings. The molecule has 2 aromatic rings. The molecule has 1 heterocycles. The Balaban J connectivity index is 1.46. The molecule has 0 aromatic heterocycles. The van der Waals surface area contributed by atoms with Crippen molar-refractivity contribution in [2.45, 2.75) is 25.4 Å². The fraction of sp³-hybridized carbons (Fsp3) is 0.409. The van der Waals surface area contributed by atoms with Crippen molar-refractivity contribution in [3.63, 3.8) is 0 Å². The van der Waals surface area contributed by atoms with Crippen LogP contribution in [0, 0.1) is 17.6 Å². The van der Waals surface area contributed by atoms with Crippen LogP contribution in [0.15, 0.2) is 42.5 Å². The van der Waals surface area contributed by atoms with E-state index in [9.17, 15) is 27.1 Å². The van der Waals surface area contributed by atoms with E-state index in [0.717, 1.165) is 18.4 Å². The van der Waals surface area contributed by atoms with Crippen molar-refractivity contribution in [3.8, 4) is 0 Å². The van der Waals surface area contributed by atoms with Gasteiger partial charge in [-0.3, -0.25) is 9.52 Å². The smallest absolute Gasteiger partial charge is 0.229 e. The molecule has 0 spiro atoms. The zero-order valence-electron chi connectivity index (χ0n) is 17.2. The second-order valence-corrected chi connectivity index (χ2v) is 9.67. The maximum Gasteiger partial charge on any atom is 0.229 e. The molecule has 2 N–H and O–H groups in total. The molecule has 6 nitrogen and oxygen atoms in total. The Bertz CT molecular complexity index is 1020. The number of nitrogens with zero attached hydrogens (tertiary/aromatic N) is 1. The Morgan fingerprint density at radius 3 is 2.35 bits per heavy atom. The number of hydrogen-bond acceptors (Lipinski definition) is 5.